The maximum Gasteiger partial charge on any atom is 0.240 e. The number of hydrogen-bond acceptors (Lipinski definition) is 5. The van der Waals surface area contributed by atoms with Crippen molar-refractivity contribution in [2.24, 2.45) is 0 Å². The first-order valence-electron chi connectivity index (χ1n) is 10.3. The molecule has 2 aliphatic rings. The minimum Gasteiger partial charge on any atom is -0.454 e. The summed E-state index contributed by atoms with van der Waals surface area (Å²) in [6.07, 6.45) is 1.58. The molecule has 3 aromatic rings. The molecule has 1 amide bonds. The van der Waals surface area contributed by atoms with E-state index in [2.05, 4.69) is 10.0 Å². The Morgan fingerprint density at radius 2 is 1.50 bits per heavy atom. The summed E-state index contributed by atoms with van der Waals surface area (Å²) in [5.74, 6) is 1.35. The summed E-state index contributed by atoms with van der Waals surface area (Å²) < 4.78 is 36.9. The van der Waals surface area contributed by atoms with Gasteiger partial charge in [-0.1, -0.05) is 30.3 Å². The van der Waals surface area contributed by atoms with Gasteiger partial charge in [-0.3, -0.25) is 4.79 Å². The first kappa shape index (κ1) is 20.5. The van der Waals surface area contributed by atoms with Crippen molar-refractivity contribution < 1.29 is 22.7 Å². The Bertz CT molecular complexity index is 1280. The van der Waals surface area contributed by atoms with Gasteiger partial charge in [-0.15, -0.1) is 0 Å². The fourth-order valence-corrected chi connectivity index (χ4v) is 4.64. The zero-order valence-electron chi connectivity index (χ0n) is 17.4. The fraction of sp³-hybridized carbons (Fsp3) is 0.208. The SMILES string of the molecule is CNS(=O)(=O)c1ccc(-c2ccc(NC(=O)C3(c4ccc5c(c4)OCO5)CC3)cc2)cc1. The lowest BCUT2D eigenvalue weighted by molar-refractivity contribution is -0.118. The molecule has 1 aliphatic carbocycles. The van der Waals surface area contributed by atoms with Gasteiger partial charge in [-0.25, -0.2) is 13.1 Å². The highest BCUT2D eigenvalue weighted by Gasteiger charge is 2.51. The average molecular weight is 451 g/mol. The number of benzene rings is 3. The Kier molecular flexibility index (Phi) is 4.91. The van der Waals surface area contributed by atoms with Crippen LogP contribution in [0.4, 0.5) is 5.69 Å². The van der Waals surface area contributed by atoms with E-state index >= 15 is 0 Å². The van der Waals surface area contributed by atoms with E-state index in [1.165, 1.54) is 7.05 Å². The lowest BCUT2D eigenvalue weighted by Gasteiger charge is -2.16. The predicted octanol–water partition coefficient (Wildman–Crippen LogP) is 3.66. The van der Waals surface area contributed by atoms with Gasteiger partial charge in [0, 0.05) is 5.69 Å². The standard InChI is InChI=1S/C24H22N2O5S/c1-25-32(28,29)20-9-4-17(5-10-20)16-2-7-19(8-3-16)26-23(27)24(12-13-24)18-6-11-21-22(14-18)31-15-30-21/h2-11,14,25H,12-13,15H2,1H3,(H,26,27). The van der Waals surface area contributed by atoms with Gasteiger partial charge in [0.05, 0.1) is 10.3 Å². The minimum absolute atomic E-state index is 0.0364. The van der Waals surface area contributed by atoms with E-state index in [0.717, 1.165) is 29.5 Å². The van der Waals surface area contributed by atoms with Gasteiger partial charge in [-0.2, -0.15) is 0 Å². The van der Waals surface area contributed by atoms with Gasteiger partial charge in [0.1, 0.15) is 0 Å². The van der Waals surface area contributed by atoms with Crippen LogP contribution >= 0.6 is 0 Å². The van der Waals surface area contributed by atoms with Crippen molar-refractivity contribution in [3.05, 3.63) is 72.3 Å². The van der Waals surface area contributed by atoms with E-state index in [9.17, 15) is 13.2 Å². The molecule has 0 bridgehead atoms. The van der Waals surface area contributed by atoms with Gasteiger partial charge in [0.25, 0.3) is 0 Å². The molecule has 8 heteroatoms. The number of ether oxygens (including phenoxy) is 2. The maximum absolute atomic E-state index is 13.1. The van der Waals surface area contributed by atoms with Gasteiger partial charge < -0.3 is 14.8 Å². The summed E-state index contributed by atoms with van der Waals surface area (Å²) in [6, 6.07) is 19.8. The van der Waals surface area contributed by atoms with Gasteiger partial charge in [0.2, 0.25) is 22.7 Å². The van der Waals surface area contributed by atoms with Crippen LogP contribution < -0.4 is 19.5 Å². The zero-order valence-corrected chi connectivity index (χ0v) is 18.2. The van der Waals surface area contributed by atoms with Crippen LogP contribution in [0.2, 0.25) is 0 Å². The number of carbonyl (C=O) groups excluding carboxylic acids is 1. The zero-order chi connectivity index (χ0) is 22.3. The molecule has 7 nitrogen and oxygen atoms in total. The molecule has 0 radical (unpaired) electrons. The Morgan fingerprint density at radius 3 is 2.12 bits per heavy atom. The van der Waals surface area contributed by atoms with Crippen LogP contribution in [0.1, 0.15) is 18.4 Å². The van der Waals surface area contributed by atoms with E-state index < -0.39 is 15.4 Å². The number of sulfonamides is 1. The van der Waals surface area contributed by atoms with Crippen LogP contribution in [0.3, 0.4) is 0 Å². The molecule has 0 unspecified atom stereocenters. The Balaban J connectivity index is 1.30. The molecule has 0 spiro atoms. The number of carbonyl (C=O) groups is 1. The molecule has 164 valence electrons. The van der Waals surface area contributed by atoms with Crippen molar-refractivity contribution in [3.63, 3.8) is 0 Å². The Morgan fingerprint density at radius 1 is 0.875 bits per heavy atom. The third-order valence-corrected chi connectivity index (χ3v) is 7.45. The van der Waals surface area contributed by atoms with Crippen LogP contribution in [0.5, 0.6) is 11.5 Å². The van der Waals surface area contributed by atoms with Crippen molar-refractivity contribution >= 4 is 21.6 Å². The van der Waals surface area contributed by atoms with E-state index in [0.29, 0.717) is 17.2 Å². The Hall–Kier alpha value is -3.36. The van der Waals surface area contributed by atoms with Crippen molar-refractivity contribution in [1.29, 1.82) is 0 Å². The first-order chi connectivity index (χ1) is 15.4. The second-order valence-electron chi connectivity index (χ2n) is 7.91. The summed E-state index contributed by atoms with van der Waals surface area (Å²) in [5.41, 5.74) is 2.92. The van der Waals surface area contributed by atoms with Crippen LogP contribution in [-0.2, 0) is 20.2 Å². The fourth-order valence-electron chi connectivity index (χ4n) is 3.91. The molecular weight excluding hydrogens is 428 g/mol. The molecule has 1 saturated carbocycles. The highest BCUT2D eigenvalue weighted by molar-refractivity contribution is 7.89. The van der Waals surface area contributed by atoms with Crippen molar-refractivity contribution in [2.75, 3.05) is 19.2 Å². The number of rotatable bonds is 6. The lowest BCUT2D eigenvalue weighted by atomic mass is 9.94. The van der Waals surface area contributed by atoms with Crippen LogP contribution in [0.25, 0.3) is 11.1 Å². The van der Waals surface area contributed by atoms with E-state index in [-0.39, 0.29) is 17.6 Å². The number of anilines is 1. The molecular formula is C24H22N2O5S. The van der Waals surface area contributed by atoms with Gasteiger partial charge >= 0.3 is 0 Å². The quantitative estimate of drug-likeness (QED) is 0.598. The highest BCUT2D eigenvalue weighted by atomic mass is 32.2. The molecule has 0 atom stereocenters. The third-order valence-electron chi connectivity index (χ3n) is 6.02. The Labute approximate surface area is 186 Å². The molecule has 3 aromatic carbocycles. The van der Waals surface area contributed by atoms with Crippen LogP contribution in [0, 0.1) is 0 Å². The van der Waals surface area contributed by atoms with Gasteiger partial charge in [0.15, 0.2) is 11.5 Å². The monoisotopic (exact) mass is 450 g/mol. The summed E-state index contributed by atoms with van der Waals surface area (Å²) in [6.45, 7) is 0.207. The number of hydrogen-bond donors (Lipinski definition) is 2. The predicted molar refractivity (Wildman–Crippen MR) is 120 cm³/mol. The summed E-state index contributed by atoms with van der Waals surface area (Å²) in [4.78, 5) is 13.3. The normalized spacial score (nSPS) is 15.9. The smallest absolute Gasteiger partial charge is 0.240 e. The molecule has 5 rings (SSSR count). The summed E-state index contributed by atoms with van der Waals surface area (Å²) in [7, 11) is -2.08. The highest BCUT2D eigenvalue weighted by Crippen LogP contribution is 2.51. The minimum atomic E-state index is -3.46. The summed E-state index contributed by atoms with van der Waals surface area (Å²) in [5, 5.41) is 3.03. The largest absolute Gasteiger partial charge is 0.454 e. The molecule has 1 fully saturated rings. The van der Waals surface area contributed by atoms with Crippen LogP contribution in [0.15, 0.2) is 71.6 Å². The molecule has 32 heavy (non-hydrogen) atoms. The lowest BCUT2D eigenvalue weighted by Crippen LogP contribution is -2.27. The molecule has 1 aliphatic heterocycles. The number of nitrogens with one attached hydrogen (secondary N) is 2. The molecule has 2 N–H and O–H groups in total. The molecule has 0 saturated heterocycles. The number of amides is 1. The third kappa shape index (κ3) is 3.61. The maximum atomic E-state index is 13.1. The van der Waals surface area contributed by atoms with Gasteiger partial charge in [-0.05, 0) is 73.0 Å². The second kappa shape index (κ2) is 7.65. The van der Waals surface area contributed by atoms with Crippen molar-refractivity contribution in [2.45, 2.75) is 23.2 Å². The van der Waals surface area contributed by atoms with Crippen molar-refractivity contribution in [1.82, 2.24) is 4.72 Å². The van der Waals surface area contributed by atoms with Crippen LogP contribution in [-0.4, -0.2) is 28.2 Å². The number of fused-ring (bicyclic) bond motifs is 1. The first-order valence-corrected chi connectivity index (χ1v) is 11.8. The van der Waals surface area contributed by atoms with E-state index in [1.54, 1.807) is 24.3 Å². The topological polar surface area (TPSA) is 93.7 Å². The second-order valence-corrected chi connectivity index (χ2v) is 9.80. The van der Waals surface area contributed by atoms with Crippen molar-refractivity contribution in [3.8, 4) is 22.6 Å². The summed E-state index contributed by atoms with van der Waals surface area (Å²) >= 11 is 0. The molecule has 1 heterocycles. The van der Waals surface area contributed by atoms with E-state index in [1.807, 2.05) is 42.5 Å². The molecule has 0 aromatic heterocycles. The average Bonchev–Trinajstić information content (AvgIpc) is 3.50. The van der Waals surface area contributed by atoms with E-state index in [4.69, 9.17) is 9.47 Å².